The van der Waals surface area contributed by atoms with Crippen LogP contribution in [0.4, 0.5) is 0 Å². The van der Waals surface area contributed by atoms with Gasteiger partial charge < -0.3 is 10.2 Å². The summed E-state index contributed by atoms with van der Waals surface area (Å²) < 4.78 is 0. The van der Waals surface area contributed by atoms with Gasteiger partial charge in [-0.25, -0.2) is 0 Å². The Morgan fingerprint density at radius 1 is 1.39 bits per heavy atom. The van der Waals surface area contributed by atoms with Gasteiger partial charge in [0.25, 0.3) is 0 Å². The average Bonchev–Trinajstić information content (AvgIpc) is 2.56. The number of aromatic nitrogens is 1. The monoisotopic (exact) mass is 338 g/mol. The van der Waals surface area contributed by atoms with Gasteiger partial charge in [0.2, 0.25) is 5.91 Å². The maximum atomic E-state index is 12.7. The van der Waals surface area contributed by atoms with Crippen LogP contribution < -0.4 is 5.32 Å². The number of pyridine rings is 1. The molecule has 2 aliphatic rings. The molecule has 0 bridgehead atoms. The highest BCUT2D eigenvalue weighted by Crippen LogP contribution is 2.22. The lowest BCUT2D eigenvalue weighted by Gasteiger charge is -2.39. The Morgan fingerprint density at radius 2 is 2.26 bits per heavy atom. The molecule has 1 N–H and O–H groups in total. The summed E-state index contributed by atoms with van der Waals surface area (Å²) in [7, 11) is 0. The van der Waals surface area contributed by atoms with Crippen molar-refractivity contribution >= 4 is 18.3 Å². The zero-order valence-electron chi connectivity index (χ0n) is 13.8. The maximum absolute atomic E-state index is 12.7. The van der Waals surface area contributed by atoms with Gasteiger partial charge in [0.15, 0.2) is 0 Å². The lowest BCUT2D eigenvalue weighted by molar-refractivity contribution is -0.136. The third kappa shape index (κ3) is 4.43. The second-order valence-electron chi connectivity index (χ2n) is 6.41. The van der Waals surface area contributed by atoms with Gasteiger partial charge in [0.1, 0.15) is 0 Å². The highest BCUT2D eigenvalue weighted by molar-refractivity contribution is 5.85. The smallest absolute Gasteiger partial charge is 0.237 e. The Labute approximate surface area is 144 Å². The number of carbonyl (C=O) groups is 1. The molecule has 2 atom stereocenters. The molecule has 2 fully saturated rings. The summed E-state index contributed by atoms with van der Waals surface area (Å²) in [6.07, 6.45) is 7.24. The fourth-order valence-corrected chi connectivity index (χ4v) is 3.57. The zero-order valence-corrected chi connectivity index (χ0v) is 14.6. The minimum atomic E-state index is 0. The lowest BCUT2D eigenvalue weighted by atomic mass is 10.0. The number of carbonyl (C=O) groups excluding carboxylic acids is 1. The minimum Gasteiger partial charge on any atom is -0.339 e. The third-order valence-electron chi connectivity index (χ3n) is 4.89. The molecule has 3 heterocycles. The molecule has 2 unspecified atom stereocenters. The SMILES string of the molecule is CC1CCCCN1C(=O)CN1CCNCC1c1cccnc1.Cl. The van der Waals surface area contributed by atoms with Crippen molar-refractivity contribution < 1.29 is 4.79 Å². The van der Waals surface area contributed by atoms with E-state index in [1.165, 1.54) is 12.0 Å². The Hall–Kier alpha value is -1.17. The molecular formula is C17H27ClN4O. The summed E-state index contributed by atoms with van der Waals surface area (Å²) in [5.41, 5.74) is 1.19. The number of amides is 1. The fraction of sp³-hybridized carbons (Fsp3) is 0.647. The van der Waals surface area contributed by atoms with Crippen molar-refractivity contribution in [3.63, 3.8) is 0 Å². The van der Waals surface area contributed by atoms with Crippen molar-refractivity contribution in [2.24, 2.45) is 0 Å². The zero-order chi connectivity index (χ0) is 15.4. The molecule has 5 nitrogen and oxygen atoms in total. The van der Waals surface area contributed by atoms with E-state index < -0.39 is 0 Å². The summed E-state index contributed by atoms with van der Waals surface area (Å²) in [6.45, 7) is 6.35. The maximum Gasteiger partial charge on any atom is 0.237 e. The first kappa shape index (κ1) is 18.2. The van der Waals surface area contributed by atoms with Crippen molar-refractivity contribution in [3.8, 4) is 0 Å². The summed E-state index contributed by atoms with van der Waals surface area (Å²) in [5.74, 6) is 0.281. The molecular weight excluding hydrogens is 312 g/mol. The van der Waals surface area contributed by atoms with Crippen molar-refractivity contribution in [2.75, 3.05) is 32.7 Å². The van der Waals surface area contributed by atoms with E-state index in [9.17, 15) is 4.79 Å². The molecule has 2 aliphatic heterocycles. The van der Waals surface area contributed by atoms with Gasteiger partial charge in [0, 0.05) is 50.7 Å². The molecule has 1 aromatic rings. The summed E-state index contributed by atoms with van der Waals surface area (Å²) >= 11 is 0. The van der Waals surface area contributed by atoms with Crippen molar-refractivity contribution in [2.45, 2.75) is 38.3 Å². The van der Waals surface area contributed by atoms with Crippen LogP contribution in [0.2, 0.25) is 0 Å². The first-order valence-electron chi connectivity index (χ1n) is 8.40. The molecule has 1 aromatic heterocycles. The Morgan fingerprint density at radius 3 is 3.00 bits per heavy atom. The molecule has 6 heteroatoms. The first-order valence-corrected chi connectivity index (χ1v) is 8.40. The van der Waals surface area contributed by atoms with Gasteiger partial charge in [-0.3, -0.25) is 14.7 Å². The van der Waals surface area contributed by atoms with E-state index in [2.05, 4.69) is 33.1 Å². The lowest BCUT2D eigenvalue weighted by Crippen LogP contribution is -2.52. The van der Waals surface area contributed by atoms with Crippen molar-refractivity contribution in [1.82, 2.24) is 20.1 Å². The predicted molar refractivity (Wildman–Crippen MR) is 93.7 cm³/mol. The van der Waals surface area contributed by atoms with Crippen LogP contribution in [-0.4, -0.2) is 59.5 Å². The van der Waals surface area contributed by atoms with Crippen LogP contribution in [-0.2, 0) is 4.79 Å². The average molecular weight is 339 g/mol. The van der Waals surface area contributed by atoms with Crippen molar-refractivity contribution in [3.05, 3.63) is 30.1 Å². The van der Waals surface area contributed by atoms with Gasteiger partial charge in [-0.15, -0.1) is 12.4 Å². The van der Waals surface area contributed by atoms with Crippen LogP contribution in [0.15, 0.2) is 24.5 Å². The number of halogens is 1. The molecule has 3 rings (SSSR count). The van der Waals surface area contributed by atoms with Gasteiger partial charge >= 0.3 is 0 Å². The molecule has 1 amide bonds. The summed E-state index contributed by atoms with van der Waals surface area (Å²) in [4.78, 5) is 21.3. The molecule has 23 heavy (non-hydrogen) atoms. The van der Waals surface area contributed by atoms with Gasteiger partial charge in [-0.2, -0.15) is 0 Å². The minimum absolute atomic E-state index is 0. The number of nitrogens with one attached hydrogen (secondary N) is 1. The van der Waals surface area contributed by atoms with Crippen molar-refractivity contribution in [1.29, 1.82) is 0 Å². The molecule has 0 aliphatic carbocycles. The standard InChI is InChI=1S/C17H26N4O.ClH/c1-14-5-2-3-9-21(14)17(22)13-20-10-8-19-12-16(20)15-6-4-7-18-11-15;/h4,6-7,11,14,16,19H,2-3,5,8-10,12-13H2,1H3;1H. The van der Waals surface area contributed by atoms with Gasteiger partial charge in [0.05, 0.1) is 6.54 Å². The second-order valence-corrected chi connectivity index (χ2v) is 6.41. The van der Waals surface area contributed by atoms with E-state index in [-0.39, 0.29) is 24.4 Å². The van der Waals surface area contributed by atoms with Crippen LogP contribution in [0.3, 0.4) is 0 Å². The van der Waals surface area contributed by atoms with Crippen LogP contribution in [0.1, 0.15) is 37.8 Å². The van der Waals surface area contributed by atoms with Crippen LogP contribution in [0, 0.1) is 0 Å². The van der Waals surface area contributed by atoms with Crippen LogP contribution >= 0.6 is 12.4 Å². The van der Waals surface area contributed by atoms with Crippen LogP contribution in [0.5, 0.6) is 0 Å². The fourth-order valence-electron chi connectivity index (χ4n) is 3.57. The molecule has 0 radical (unpaired) electrons. The normalized spacial score (nSPS) is 25.7. The van der Waals surface area contributed by atoms with E-state index in [0.29, 0.717) is 12.6 Å². The van der Waals surface area contributed by atoms with E-state index in [1.54, 1.807) is 6.20 Å². The summed E-state index contributed by atoms with van der Waals surface area (Å²) in [5, 5.41) is 3.43. The second kappa shape index (κ2) is 8.62. The Balaban J connectivity index is 0.00000192. The number of likely N-dealkylation sites (tertiary alicyclic amines) is 1. The molecule has 128 valence electrons. The third-order valence-corrected chi connectivity index (χ3v) is 4.89. The van der Waals surface area contributed by atoms with E-state index in [0.717, 1.165) is 39.0 Å². The Bertz CT molecular complexity index is 499. The number of piperazine rings is 1. The predicted octanol–water partition coefficient (Wildman–Crippen LogP) is 1.85. The largest absolute Gasteiger partial charge is 0.339 e. The number of hydrogen-bond donors (Lipinski definition) is 1. The topological polar surface area (TPSA) is 48.5 Å². The number of piperidine rings is 1. The number of nitrogens with zero attached hydrogens (tertiary/aromatic N) is 3. The highest BCUT2D eigenvalue weighted by atomic mass is 35.5. The van der Waals surface area contributed by atoms with E-state index in [4.69, 9.17) is 0 Å². The highest BCUT2D eigenvalue weighted by Gasteiger charge is 2.29. The molecule has 0 saturated carbocycles. The first-order chi connectivity index (χ1) is 10.8. The van der Waals surface area contributed by atoms with Gasteiger partial charge in [-0.05, 0) is 37.8 Å². The quantitative estimate of drug-likeness (QED) is 0.913. The molecule has 0 aromatic carbocycles. The Kier molecular flexibility index (Phi) is 6.81. The van der Waals surface area contributed by atoms with E-state index in [1.807, 2.05) is 12.3 Å². The molecule has 2 saturated heterocycles. The molecule has 0 spiro atoms. The van der Waals surface area contributed by atoms with E-state index >= 15 is 0 Å². The number of hydrogen-bond acceptors (Lipinski definition) is 4. The van der Waals surface area contributed by atoms with Crippen LogP contribution in [0.25, 0.3) is 0 Å². The number of rotatable bonds is 3. The van der Waals surface area contributed by atoms with Gasteiger partial charge in [-0.1, -0.05) is 6.07 Å². The summed E-state index contributed by atoms with van der Waals surface area (Å²) in [6, 6.07) is 4.70.